The van der Waals surface area contributed by atoms with Crippen LogP contribution in [-0.4, -0.2) is 33.9 Å². The molecule has 0 unspecified atom stereocenters. The van der Waals surface area contributed by atoms with E-state index in [9.17, 15) is 0 Å². The SMILES string of the molecule is NC(=NCCc1cn2c(n1)SCC2)NC1CCCCCC1. The zero-order valence-corrected chi connectivity index (χ0v) is 13.4. The Bertz CT molecular complexity index is 467. The van der Waals surface area contributed by atoms with Crippen molar-refractivity contribution in [2.75, 3.05) is 12.3 Å². The molecule has 0 amide bonds. The number of nitrogens with one attached hydrogen (secondary N) is 1. The van der Waals surface area contributed by atoms with Crippen molar-refractivity contribution in [2.45, 2.75) is 62.7 Å². The van der Waals surface area contributed by atoms with Crippen LogP contribution in [0, 0.1) is 0 Å². The molecule has 1 aliphatic carbocycles. The van der Waals surface area contributed by atoms with Crippen molar-refractivity contribution >= 4 is 17.7 Å². The van der Waals surface area contributed by atoms with Gasteiger partial charge in [0.1, 0.15) is 0 Å². The predicted molar refractivity (Wildman–Crippen MR) is 87.8 cm³/mol. The molecule has 1 aromatic rings. The molecule has 0 atom stereocenters. The van der Waals surface area contributed by atoms with Crippen LogP contribution in [0.4, 0.5) is 0 Å². The standard InChI is InChI=1S/C15H25N5S/c16-14(18-12-5-3-1-2-4-6-12)17-8-7-13-11-20-9-10-21-15(20)19-13/h11-12H,1-10H2,(H3,16,17,18). The third-order valence-electron chi connectivity index (χ3n) is 4.21. The molecule has 0 radical (unpaired) electrons. The minimum Gasteiger partial charge on any atom is -0.370 e. The van der Waals surface area contributed by atoms with Gasteiger partial charge in [-0.25, -0.2) is 4.98 Å². The molecule has 0 bridgehead atoms. The van der Waals surface area contributed by atoms with E-state index in [1.54, 1.807) is 0 Å². The molecule has 6 heteroatoms. The molecule has 5 nitrogen and oxygen atoms in total. The summed E-state index contributed by atoms with van der Waals surface area (Å²) < 4.78 is 2.23. The van der Waals surface area contributed by atoms with Crippen LogP contribution in [0.5, 0.6) is 0 Å². The Morgan fingerprint density at radius 2 is 2.19 bits per heavy atom. The quantitative estimate of drug-likeness (QED) is 0.508. The summed E-state index contributed by atoms with van der Waals surface area (Å²) in [6, 6.07) is 0.518. The summed E-state index contributed by atoms with van der Waals surface area (Å²) in [6.07, 6.45) is 10.8. The number of nitrogens with zero attached hydrogens (tertiary/aromatic N) is 3. The van der Waals surface area contributed by atoms with Crippen LogP contribution in [0.3, 0.4) is 0 Å². The van der Waals surface area contributed by atoms with Crippen LogP contribution in [0.2, 0.25) is 0 Å². The lowest BCUT2D eigenvalue weighted by molar-refractivity contribution is 0.530. The highest BCUT2D eigenvalue weighted by molar-refractivity contribution is 7.99. The Hall–Kier alpha value is -1.17. The lowest BCUT2D eigenvalue weighted by atomic mass is 10.1. The van der Waals surface area contributed by atoms with E-state index in [2.05, 4.69) is 26.1 Å². The summed E-state index contributed by atoms with van der Waals surface area (Å²) in [5.41, 5.74) is 7.13. The zero-order valence-electron chi connectivity index (χ0n) is 12.6. The number of hydrogen-bond donors (Lipinski definition) is 2. The van der Waals surface area contributed by atoms with Crippen molar-refractivity contribution in [3.63, 3.8) is 0 Å². The van der Waals surface area contributed by atoms with Gasteiger partial charge in [0.2, 0.25) is 0 Å². The molecule has 0 saturated heterocycles. The molecule has 21 heavy (non-hydrogen) atoms. The summed E-state index contributed by atoms with van der Waals surface area (Å²) in [4.78, 5) is 9.07. The van der Waals surface area contributed by atoms with Gasteiger partial charge in [0.05, 0.1) is 5.69 Å². The van der Waals surface area contributed by atoms with Crippen LogP contribution in [0.1, 0.15) is 44.2 Å². The first kappa shape index (κ1) is 14.8. The molecule has 116 valence electrons. The monoisotopic (exact) mass is 307 g/mol. The molecular weight excluding hydrogens is 282 g/mol. The van der Waals surface area contributed by atoms with Gasteiger partial charge in [-0.1, -0.05) is 37.4 Å². The Balaban J connectivity index is 1.44. The van der Waals surface area contributed by atoms with Crippen LogP contribution < -0.4 is 11.1 Å². The van der Waals surface area contributed by atoms with Gasteiger partial charge in [-0.15, -0.1) is 0 Å². The van der Waals surface area contributed by atoms with Gasteiger partial charge in [0.25, 0.3) is 0 Å². The Labute approximate surface area is 130 Å². The van der Waals surface area contributed by atoms with Crippen LogP contribution >= 0.6 is 11.8 Å². The van der Waals surface area contributed by atoms with Crippen LogP contribution in [0.25, 0.3) is 0 Å². The first-order valence-electron chi connectivity index (χ1n) is 8.06. The summed E-state index contributed by atoms with van der Waals surface area (Å²) in [5, 5.41) is 4.53. The second-order valence-corrected chi connectivity index (χ2v) is 6.97. The highest BCUT2D eigenvalue weighted by Crippen LogP contribution is 2.24. The first-order valence-corrected chi connectivity index (χ1v) is 9.05. The van der Waals surface area contributed by atoms with Gasteiger partial charge in [0.15, 0.2) is 11.1 Å². The number of rotatable bonds is 4. The Morgan fingerprint density at radius 1 is 1.38 bits per heavy atom. The van der Waals surface area contributed by atoms with Gasteiger partial charge in [-0.05, 0) is 12.8 Å². The Kier molecular flexibility index (Phi) is 5.06. The molecule has 2 heterocycles. The minimum atomic E-state index is 0.518. The van der Waals surface area contributed by atoms with Gasteiger partial charge < -0.3 is 15.6 Å². The van der Waals surface area contributed by atoms with E-state index in [0.717, 1.165) is 29.6 Å². The molecule has 1 fully saturated rings. The van der Waals surface area contributed by atoms with Crippen molar-refractivity contribution in [1.82, 2.24) is 14.9 Å². The van der Waals surface area contributed by atoms with E-state index in [4.69, 9.17) is 5.73 Å². The Morgan fingerprint density at radius 3 is 2.95 bits per heavy atom. The average Bonchev–Trinajstić information content (AvgIpc) is 2.94. The van der Waals surface area contributed by atoms with Crippen LogP contribution in [-0.2, 0) is 13.0 Å². The normalized spacial score (nSPS) is 20.3. The molecule has 0 spiro atoms. The van der Waals surface area contributed by atoms with Gasteiger partial charge in [0, 0.05) is 37.5 Å². The molecule has 1 aromatic heterocycles. The third kappa shape index (κ3) is 4.15. The highest BCUT2D eigenvalue weighted by Gasteiger charge is 2.14. The summed E-state index contributed by atoms with van der Waals surface area (Å²) in [5.74, 6) is 1.75. The fraction of sp³-hybridized carbons (Fsp3) is 0.733. The smallest absolute Gasteiger partial charge is 0.188 e. The highest BCUT2D eigenvalue weighted by atomic mass is 32.2. The summed E-state index contributed by atoms with van der Waals surface area (Å²) in [7, 11) is 0. The lowest BCUT2D eigenvalue weighted by Gasteiger charge is -2.16. The minimum absolute atomic E-state index is 0.518. The number of aliphatic imine (C=N–C) groups is 1. The number of hydrogen-bond acceptors (Lipinski definition) is 3. The lowest BCUT2D eigenvalue weighted by Crippen LogP contribution is -2.40. The van der Waals surface area contributed by atoms with E-state index < -0.39 is 0 Å². The predicted octanol–water partition coefficient (Wildman–Crippen LogP) is 2.16. The fourth-order valence-corrected chi connectivity index (χ4v) is 4.01. The van der Waals surface area contributed by atoms with E-state index in [1.807, 2.05) is 11.8 Å². The second kappa shape index (κ2) is 7.20. The van der Waals surface area contributed by atoms with E-state index >= 15 is 0 Å². The molecule has 1 saturated carbocycles. The number of fused-ring (bicyclic) bond motifs is 1. The number of nitrogens with two attached hydrogens (primary N) is 1. The molecule has 0 aromatic carbocycles. The second-order valence-electron chi connectivity index (χ2n) is 5.91. The summed E-state index contributed by atoms with van der Waals surface area (Å²) >= 11 is 1.83. The molecule has 1 aliphatic heterocycles. The van der Waals surface area contributed by atoms with E-state index in [-0.39, 0.29) is 0 Å². The maximum atomic E-state index is 6.00. The van der Waals surface area contributed by atoms with Crippen molar-refractivity contribution in [3.05, 3.63) is 11.9 Å². The van der Waals surface area contributed by atoms with Crippen molar-refractivity contribution in [3.8, 4) is 0 Å². The number of aromatic nitrogens is 2. The number of thioether (sulfide) groups is 1. The van der Waals surface area contributed by atoms with E-state index in [0.29, 0.717) is 18.5 Å². The van der Waals surface area contributed by atoms with Crippen LogP contribution in [0.15, 0.2) is 16.3 Å². The number of aryl methyl sites for hydroxylation is 1. The maximum Gasteiger partial charge on any atom is 0.188 e. The van der Waals surface area contributed by atoms with E-state index in [1.165, 1.54) is 38.5 Å². The molecule has 2 aliphatic rings. The zero-order chi connectivity index (χ0) is 14.5. The molecule has 3 rings (SSSR count). The van der Waals surface area contributed by atoms with Crippen molar-refractivity contribution < 1.29 is 0 Å². The number of imidazole rings is 1. The van der Waals surface area contributed by atoms with Crippen molar-refractivity contribution in [1.29, 1.82) is 0 Å². The largest absolute Gasteiger partial charge is 0.370 e. The average molecular weight is 307 g/mol. The number of guanidine groups is 1. The third-order valence-corrected chi connectivity index (χ3v) is 5.18. The maximum absolute atomic E-state index is 6.00. The van der Waals surface area contributed by atoms with Gasteiger partial charge in [-0.2, -0.15) is 0 Å². The first-order chi connectivity index (χ1) is 10.3. The fourth-order valence-electron chi connectivity index (χ4n) is 3.05. The molecule has 3 N–H and O–H groups in total. The summed E-state index contributed by atoms with van der Waals surface area (Å²) in [6.45, 7) is 1.80. The van der Waals surface area contributed by atoms with Gasteiger partial charge in [-0.3, -0.25) is 4.99 Å². The topological polar surface area (TPSA) is 68.2 Å². The van der Waals surface area contributed by atoms with Gasteiger partial charge >= 0.3 is 0 Å². The van der Waals surface area contributed by atoms with Crippen molar-refractivity contribution in [2.24, 2.45) is 10.7 Å². The molecular formula is C15H25N5S.